The number of imide groups is 1. The number of rotatable bonds is 8. The quantitative estimate of drug-likeness (QED) is 0.428. The summed E-state index contributed by atoms with van der Waals surface area (Å²) in [6, 6.07) is 8.30. The van der Waals surface area contributed by atoms with Crippen LogP contribution < -0.4 is 10.7 Å². The van der Waals surface area contributed by atoms with Crippen LogP contribution in [0, 0.1) is 0 Å². The first-order valence-electron chi connectivity index (χ1n) is 8.21. The number of nitrogens with one attached hydrogen (secondary N) is 2. The van der Waals surface area contributed by atoms with Gasteiger partial charge in [0, 0.05) is 0 Å². The molecular formula is C18H23N3O4. The molecule has 1 aliphatic heterocycles. The lowest BCUT2D eigenvalue weighted by Crippen LogP contribution is -2.51. The maximum absolute atomic E-state index is 12.9. The molecule has 1 aromatic rings. The van der Waals surface area contributed by atoms with Gasteiger partial charge in [0.25, 0.3) is 11.8 Å². The van der Waals surface area contributed by atoms with Crippen molar-refractivity contribution in [3.63, 3.8) is 0 Å². The summed E-state index contributed by atoms with van der Waals surface area (Å²) in [6.07, 6.45) is 1.85. The van der Waals surface area contributed by atoms with Crippen LogP contribution in [-0.4, -0.2) is 35.6 Å². The summed E-state index contributed by atoms with van der Waals surface area (Å²) in [7, 11) is 0. The minimum absolute atomic E-state index is 0.334. The van der Waals surface area contributed by atoms with Crippen LogP contribution >= 0.6 is 0 Å². The monoisotopic (exact) mass is 345 g/mol. The number of hydrogen-bond donors (Lipinski definition) is 2. The first kappa shape index (κ1) is 18.7. The second kappa shape index (κ2) is 7.94. The molecule has 1 heterocycles. The molecule has 25 heavy (non-hydrogen) atoms. The van der Waals surface area contributed by atoms with E-state index in [-0.39, 0.29) is 0 Å². The summed E-state index contributed by atoms with van der Waals surface area (Å²) in [5.41, 5.74) is 1.83. The van der Waals surface area contributed by atoms with Gasteiger partial charge in [-0.1, -0.05) is 43.3 Å². The number of nitrogens with zero attached hydrogens (tertiary/aromatic N) is 1. The molecule has 0 aromatic heterocycles. The number of benzene rings is 1. The van der Waals surface area contributed by atoms with E-state index in [0.717, 1.165) is 5.01 Å². The number of urea groups is 1. The van der Waals surface area contributed by atoms with Crippen molar-refractivity contribution in [3.05, 3.63) is 48.6 Å². The number of amides is 4. The zero-order chi connectivity index (χ0) is 18.4. The third kappa shape index (κ3) is 3.71. The molecule has 2 rings (SSSR count). The first-order valence-corrected chi connectivity index (χ1v) is 8.21. The van der Waals surface area contributed by atoms with Gasteiger partial charge in [-0.15, -0.1) is 6.58 Å². The Bertz CT molecular complexity index is 662. The molecule has 0 radical (unpaired) electrons. The van der Waals surface area contributed by atoms with Gasteiger partial charge in [0.05, 0.1) is 6.61 Å². The van der Waals surface area contributed by atoms with E-state index in [1.54, 1.807) is 44.2 Å². The van der Waals surface area contributed by atoms with Crippen LogP contribution in [0.5, 0.6) is 0 Å². The van der Waals surface area contributed by atoms with Gasteiger partial charge in [-0.05, 0) is 25.3 Å². The Hall–Kier alpha value is -2.67. The fourth-order valence-electron chi connectivity index (χ4n) is 2.64. The number of hydrogen-bond acceptors (Lipinski definition) is 4. The van der Waals surface area contributed by atoms with E-state index in [0.29, 0.717) is 25.0 Å². The van der Waals surface area contributed by atoms with E-state index in [2.05, 4.69) is 17.3 Å². The van der Waals surface area contributed by atoms with Crippen molar-refractivity contribution in [2.75, 3.05) is 6.61 Å². The average molecular weight is 345 g/mol. The van der Waals surface area contributed by atoms with E-state index in [9.17, 15) is 14.4 Å². The van der Waals surface area contributed by atoms with Crippen LogP contribution in [-0.2, 0) is 19.9 Å². The highest BCUT2D eigenvalue weighted by atomic mass is 16.5. The van der Waals surface area contributed by atoms with Crippen molar-refractivity contribution >= 4 is 17.8 Å². The fraction of sp³-hybridized carbons (Fsp3) is 0.389. The summed E-state index contributed by atoms with van der Waals surface area (Å²) >= 11 is 0. The van der Waals surface area contributed by atoms with Crippen LogP contribution in [0.3, 0.4) is 0 Å². The fourth-order valence-corrected chi connectivity index (χ4v) is 2.64. The highest BCUT2D eigenvalue weighted by Crippen LogP contribution is 2.31. The highest BCUT2D eigenvalue weighted by molar-refractivity contribution is 6.08. The summed E-state index contributed by atoms with van der Waals surface area (Å²) in [4.78, 5) is 37.3. The molecule has 7 nitrogen and oxygen atoms in total. The van der Waals surface area contributed by atoms with Gasteiger partial charge in [0.1, 0.15) is 11.6 Å². The lowest BCUT2D eigenvalue weighted by atomic mass is 9.87. The van der Waals surface area contributed by atoms with Gasteiger partial charge < -0.3 is 10.1 Å². The van der Waals surface area contributed by atoms with Gasteiger partial charge >= 0.3 is 6.03 Å². The van der Waals surface area contributed by atoms with Crippen LogP contribution in [0.4, 0.5) is 4.79 Å². The predicted molar refractivity (Wildman–Crippen MR) is 92.2 cm³/mol. The molecule has 2 N–H and O–H groups in total. The highest BCUT2D eigenvalue weighted by Gasteiger charge is 2.52. The third-order valence-electron chi connectivity index (χ3n) is 4.17. The molecule has 134 valence electrons. The van der Waals surface area contributed by atoms with Crippen molar-refractivity contribution in [1.82, 2.24) is 15.8 Å². The predicted octanol–water partition coefficient (Wildman–Crippen LogP) is 1.86. The Morgan fingerprint density at radius 2 is 2.08 bits per heavy atom. The molecule has 0 spiro atoms. The molecule has 1 aromatic carbocycles. The number of hydrazine groups is 1. The molecule has 1 aliphatic rings. The Morgan fingerprint density at radius 1 is 1.40 bits per heavy atom. The summed E-state index contributed by atoms with van der Waals surface area (Å²) in [5.74, 6) is -1.08. The molecule has 0 saturated carbocycles. The molecule has 0 aliphatic carbocycles. The molecular weight excluding hydrogens is 322 g/mol. The van der Waals surface area contributed by atoms with Gasteiger partial charge in [-0.2, -0.15) is 5.01 Å². The number of carbonyl (C=O) groups excluding carboxylic acids is 3. The first-order chi connectivity index (χ1) is 12.0. The van der Waals surface area contributed by atoms with Crippen molar-refractivity contribution < 1.29 is 19.1 Å². The second-order valence-corrected chi connectivity index (χ2v) is 5.76. The van der Waals surface area contributed by atoms with Gasteiger partial charge in [-0.3, -0.25) is 15.0 Å². The van der Waals surface area contributed by atoms with E-state index >= 15 is 0 Å². The topological polar surface area (TPSA) is 87.7 Å². The van der Waals surface area contributed by atoms with E-state index in [1.165, 1.54) is 0 Å². The van der Waals surface area contributed by atoms with Crippen molar-refractivity contribution in [3.8, 4) is 0 Å². The normalized spacial score (nSPS) is 21.0. The molecule has 7 heteroatoms. The minimum Gasteiger partial charge on any atom is -0.368 e. The Labute approximate surface area is 147 Å². The molecule has 1 fully saturated rings. The Morgan fingerprint density at radius 3 is 2.68 bits per heavy atom. The summed E-state index contributed by atoms with van der Waals surface area (Å²) < 4.78 is 5.33. The number of carbonyl (C=O) groups is 3. The van der Waals surface area contributed by atoms with E-state index in [4.69, 9.17) is 4.74 Å². The summed E-state index contributed by atoms with van der Waals surface area (Å²) in [5, 5.41) is 3.43. The van der Waals surface area contributed by atoms with E-state index in [1.807, 2.05) is 6.07 Å². The Kier molecular flexibility index (Phi) is 5.93. The van der Waals surface area contributed by atoms with Gasteiger partial charge in [0.2, 0.25) is 0 Å². The van der Waals surface area contributed by atoms with Gasteiger partial charge in [0.15, 0.2) is 0 Å². The zero-order valence-electron chi connectivity index (χ0n) is 14.5. The minimum atomic E-state index is -1.18. The van der Waals surface area contributed by atoms with Gasteiger partial charge in [-0.25, -0.2) is 4.79 Å². The SMILES string of the molecule is C=CCCOC(C)C(=O)NN1C(=O)NC(CC)(c2ccccc2)C1=O. The second-order valence-electron chi connectivity index (χ2n) is 5.76. The number of ether oxygens (including phenoxy) is 1. The van der Waals surface area contributed by atoms with Crippen LogP contribution in [0.2, 0.25) is 0 Å². The third-order valence-corrected chi connectivity index (χ3v) is 4.17. The lowest BCUT2D eigenvalue weighted by molar-refractivity contribution is -0.144. The maximum Gasteiger partial charge on any atom is 0.344 e. The van der Waals surface area contributed by atoms with Crippen LogP contribution in [0.1, 0.15) is 32.3 Å². The van der Waals surface area contributed by atoms with Crippen molar-refractivity contribution in [2.45, 2.75) is 38.3 Å². The van der Waals surface area contributed by atoms with Crippen LogP contribution in [0.15, 0.2) is 43.0 Å². The standard InChI is InChI=1S/C18H23N3O4/c1-4-6-12-25-13(3)15(22)20-21-16(23)18(5-2,19-17(21)24)14-10-8-7-9-11-14/h4,7-11,13H,1,5-6,12H2,2-3H3,(H,19,24)(H,20,22). The van der Waals surface area contributed by atoms with Crippen molar-refractivity contribution in [2.24, 2.45) is 0 Å². The molecule has 1 saturated heterocycles. The zero-order valence-corrected chi connectivity index (χ0v) is 14.5. The van der Waals surface area contributed by atoms with Crippen LogP contribution in [0.25, 0.3) is 0 Å². The smallest absolute Gasteiger partial charge is 0.344 e. The summed E-state index contributed by atoms with van der Waals surface area (Å²) in [6.45, 7) is 7.27. The Balaban J connectivity index is 2.13. The molecule has 4 amide bonds. The molecule has 0 bridgehead atoms. The largest absolute Gasteiger partial charge is 0.368 e. The lowest BCUT2D eigenvalue weighted by Gasteiger charge is -2.25. The van der Waals surface area contributed by atoms with E-state index < -0.39 is 29.5 Å². The van der Waals surface area contributed by atoms with Crippen molar-refractivity contribution in [1.29, 1.82) is 0 Å². The molecule has 2 unspecified atom stereocenters. The maximum atomic E-state index is 12.9. The molecule has 2 atom stereocenters. The average Bonchev–Trinajstić information content (AvgIpc) is 2.87.